The highest BCUT2D eigenvalue weighted by atomic mass is 32.2. The van der Waals surface area contributed by atoms with Crippen molar-refractivity contribution in [1.29, 1.82) is 0 Å². The Bertz CT molecular complexity index is 1500. The zero-order chi connectivity index (χ0) is 27.9. The van der Waals surface area contributed by atoms with Crippen molar-refractivity contribution >= 4 is 26.0 Å². The summed E-state index contributed by atoms with van der Waals surface area (Å²) < 4.78 is 87.7. The summed E-state index contributed by atoms with van der Waals surface area (Å²) >= 11 is 0. The lowest BCUT2D eigenvalue weighted by Crippen LogP contribution is -2.37. The summed E-state index contributed by atoms with van der Waals surface area (Å²) in [5.74, 6) is -2.25. The van der Waals surface area contributed by atoms with Crippen LogP contribution in [0.1, 0.15) is 25.0 Å². The van der Waals surface area contributed by atoms with E-state index in [4.69, 9.17) is 4.74 Å². The molecule has 204 valence electrons. The number of carbonyl (C=O) groups excluding carboxylic acids is 1. The van der Waals surface area contributed by atoms with Gasteiger partial charge in [-0.3, -0.25) is 4.79 Å². The monoisotopic (exact) mass is 566 g/mol. The van der Waals surface area contributed by atoms with Gasteiger partial charge in [-0.2, -0.15) is 8.61 Å². The maximum Gasteiger partial charge on any atom is 0.321 e. The van der Waals surface area contributed by atoms with Crippen LogP contribution in [0.2, 0.25) is 0 Å². The first-order valence-corrected chi connectivity index (χ1v) is 14.6. The van der Waals surface area contributed by atoms with E-state index in [1.54, 1.807) is 38.1 Å². The standard InChI is InChI=1S/C26H28F2N2O6S2/c1-3-29(37(32,33)24-13-7-11-22(27)15-24)17-20-9-5-6-10-21(20)18-30(19-26(31)36-4-2)38(34,35)25-14-8-12-23(28)16-25/h5-16H,3-4,17-19H2,1-2H3. The molecule has 0 spiro atoms. The number of ether oxygens (including phenoxy) is 1. The molecular formula is C26H28F2N2O6S2. The Balaban J connectivity index is 1.98. The van der Waals surface area contributed by atoms with E-state index in [2.05, 4.69) is 0 Å². The van der Waals surface area contributed by atoms with Crippen LogP contribution < -0.4 is 0 Å². The summed E-state index contributed by atoms with van der Waals surface area (Å²) in [5, 5.41) is 0. The summed E-state index contributed by atoms with van der Waals surface area (Å²) in [4.78, 5) is 11.7. The van der Waals surface area contributed by atoms with Crippen molar-refractivity contribution in [2.75, 3.05) is 19.7 Å². The molecule has 0 aliphatic carbocycles. The van der Waals surface area contributed by atoms with Crippen molar-refractivity contribution in [3.63, 3.8) is 0 Å². The predicted molar refractivity (Wildman–Crippen MR) is 137 cm³/mol. The summed E-state index contributed by atoms with van der Waals surface area (Å²) in [6.07, 6.45) is 0. The van der Waals surface area contributed by atoms with Gasteiger partial charge in [0.1, 0.15) is 18.2 Å². The molecule has 0 radical (unpaired) electrons. The van der Waals surface area contributed by atoms with E-state index in [9.17, 15) is 30.4 Å². The van der Waals surface area contributed by atoms with Crippen molar-refractivity contribution in [3.8, 4) is 0 Å². The predicted octanol–water partition coefficient (Wildman–Crippen LogP) is 3.93. The minimum Gasteiger partial charge on any atom is -0.465 e. The first-order valence-electron chi connectivity index (χ1n) is 11.7. The fourth-order valence-electron chi connectivity index (χ4n) is 3.74. The fraction of sp³-hybridized carbons (Fsp3) is 0.269. The lowest BCUT2D eigenvalue weighted by atomic mass is 10.1. The Hall–Kier alpha value is -3.19. The second kappa shape index (κ2) is 12.6. The summed E-state index contributed by atoms with van der Waals surface area (Å²) in [7, 11) is -8.42. The normalized spacial score (nSPS) is 12.2. The number of halogens is 2. The molecule has 0 fully saturated rings. The van der Waals surface area contributed by atoms with Crippen LogP contribution in [0.25, 0.3) is 0 Å². The van der Waals surface area contributed by atoms with Crippen LogP contribution in [0.3, 0.4) is 0 Å². The molecular weight excluding hydrogens is 538 g/mol. The third-order valence-corrected chi connectivity index (χ3v) is 9.35. The minimum atomic E-state index is -4.34. The van der Waals surface area contributed by atoms with Gasteiger partial charge >= 0.3 is 5.97 Å². The van der Waals surface area contributed by atoms with Crippen LogP contribution in [-0.4, -0.2) is 51.1 Å². The smallest absolute Gasteiger partial charge is 0.321 e. The molecule has 0 saturated heterocycles. The maximum absolute atomic E-state index is 13.8. The molecule has 0 unspecified atom stereocenters. The Morgan fingerprint density at radius 2 is 1.21 bits per heavy atom. The van der Waals surface area contributed by atoms with Crippen LogP contribution >= 0.6 is 0 Å². The molecule has 0 saturated carbocycles. The van der Waals surface area contributed by atoms with Crippen LogP contribution in [0.15, 0.2) is 82.6 Å². The van der Waals surface area contributed by atoms with Gasteiger partial charge in [0.05, 0.1) is 16.4 Å². The summed E-state index contributed by atoms with van der Waals surface area (Å²) in [5.41, 5.74) is 0.891. The van der Waals surface area contributed by atoms with E-state index in [0.29, 0.717) is 11.1 Å². The van der Waals surface area contributed by atoms with Gasteiger partial charge in [0.25, 0.3) is 0 Å². The number of hydrogen-bond donors (Lipinski definition) is 0. The minimum absolute atomic E-state index is 0.0344. The van der Waals surface area contributed by atoms with Crippen LogP contribution in [-0.2, 0) is 42.7 Å². The molecule has 3 aromatic carbocycles. The highest BCUT2D eigenvalue weighted by Crippen LogP contribution is 2.24. The molecule has 3 rings (SSSR count). The second-order valence-electron chi connectivity index (χ2n) is 8.19. The molecule has 38 heavy (non-hydrogen) atoms. The number of nitrogens with zero attached hydrogens (tertiary/aromatic N) is 2. The van der Waals surface area contributed by atoms with Crippen LogP contribution in [0, 0.1) is 11.6 Å². The molecule has 8 nitrogen and oxygen atoms in total. The average Bonchev–Trinajstić information content (AvgIpc) is 2.87. The molecule has 3 aromatic rings. The number of hydrogen-bond acceptors (Lipinski definition) is 6. The number of sulfonamides is 2. The van der Waals surface area contributed by atoms with E-state index < -0.39 is 44.2 Å². The first-order chi connectivity index (χ1) is 18.0. The topological polar surface area (TPSA) is 101 Å². The van der Waals surface area contributed by atoms with Crippen molar-refractivity contribution in [3.05, 3.63) is 95.6 Å². The zero-order valence-corrected chi connectivity index (χ0v) is 22.5. The lowest BCUT2D eigenvalue weighted by molar-refractivity contribution is -0.143. The molecule has 0 N–H and O–H groups in total. The Morgan fingerprint density at radius 1 is 0.737 bits per heavy atom. The number of benzene rings is 3. The SMILES string of the molecule is CCOC(=O)CN(Cc1ccccc1CN(CC)S(=O)(=O)c1cccc(F)c1)S(=O)(=O)c1cccc(F)c1. The van der Waals surface area contributed by atoms with Crippen LogP contribution in [0.5, 0.6) is 0 Å². The quantitative estimate of drug-likeness (QED) is 0.308. The van der Waals surface area contributed by atoms with Gasteiger partial charge in [0.15, 0.2) is 0 Å². The third kappa shape index (κ3) is 7.01. The maximum atomic E-state index is 13.8. The van der Waals surface area contributed by atoms with Crippen LogP contribution in [0.4, 0.5) is 8.78 Å². The molecule has 12 heteroatoms. The highest BCUT2D eigenvalue weighted by Gasteiger charge is 2.30. The van der Waals surface area contributed by atoms with E-state index in [1.165, 1.54) is 24.3 Å². The summed E-state index contributed by atoms with van der Waals surface area (Å²) in [6.45, 7) is 2.20. The molecule has 0 aromatic heterocycles. The Morgan fingerprint density at radius 3 is 1.66 bits per heavy atom. The van der Waals surface area contributed by atoms with E-state index in [1.807, 2.05) is 0 Å². The highest BCUT2D eigenvalue weighted by molar-refractivity contribution is 7.89. The van der Waals surface area contributed by atoms with Crippen molar-refractivity contribution < 1.29 is 35.1 Å². The molecule has 0 aliphatic heterocycles. The van der Waals surface area contributed by atoms with Crippen molar-refractivity contribution in [1.82, 2.24) is 8.61 Å². The van der Waals surface area contributed by atoms with Gasteiger partial charge in [-0.1, -0.05) is 43.3 Å². The van der Waals surface area contributed by atoms with E-state index >= 15 is 0 Å². The third-order valence-electron chi connectivity index (χ3n) is 5.64. The largest absolute Gasteiger partial charge is 0.465 e. The summed E-state index contributed by atoms with van der Waals surface area (Å²) in [6, 6.07) is 15.6. The van der Waals surface area contributed by atoms with Gasteiger partial charge in [0.2, 0.25) is 20.0 Å². The average molecular weight is 567 g/mol. The second-order valence-corrected chi connectivity index (χ2v) is 12.1. The van der Waals surface area contributed by atoms with Crippen molar-refractivity contribution in [2.45, 2.75) is 36.7 Å². The molecule has 0 amide bonds. The molecule has 0 atom stereocenters. The van der Waals surface area contributed by atoms with E-state index in [-0.39, 0.29) is 36.0 Å². The van der Waals surface area contributed by atoms with Gasteiger partial charge in [-0.15, -0.1) is 0 Å². The molecule has 0 aliphatic rings. The van der Waals surface area contributed by atoms with Crippen molar-refractivity contribution in [2.24, 2.45) is 0 Å². The number of carbonyl (C=O) groups is 1. The van der Waals surface area contributed by atoms with E-state index in [0.717, 1.165) is 32.9 Å². The van der Waals surface area contributed by atoms with Gasteiger partial charge in [0, 0.05) is 19.6 Å². The lowest BCUT2D eigenvalue weighted by Gasteiger charge is -2.25. The van der Waals surface area contributed by atoms with Gasteiger partial charge in [-0.05, 0) is 54.4 Å². The molecule has 0 bridgehead atoms. The van der Waals surface area contributed by atoms with Gasteiger partial charge in [-0.25, -0.2) is 25.6 Å². The zero-order valence-electron chi connectivity index (χ0n) is 20.9. The number of rotatable bonds is 12. The fourth-order valence-corrected chi connectivity index (χ4v) is 6.60. The number of esters is 1. The first kappa shape index (κ1) is 29.4. The van der Waals surface area contributed by atoms with Gasteiger partial charge < -0.3 is 4.74 Å². The molecule has 0 heterocycles. The Kier molecular flexibility index (Phi) is 9.71. The Labute approximate surface area is 221 Å².